The van der Waals surface area contributed by atoms with Crippen LogP contribution in [0.3, 0.4) is 0 Å². The van der Waals surface area contributed by atoms with Crippen molar-refractivity contribution in [2.75, 3.05) is 0 Å². The van der Waals surface area contributed by atoms with E-state index in [1.165, 1.54) is 41.8 Å². The van der Waals surface area contributed by atoms with Crippen molar-refractivity contribution in [3.63, 3.8) is 0 Å². The minimum atomic E-state index is -3.70. The highest BCUT2D eigenvalue weighted by Crippen LogP contribution is 2.29. The van der Waals surface area contributed by atoms with Gasteiger partial charge in [-0.15, -0.1) is 11.3 Å². The lowest BCUT2D eigenvalue weighted by molar-refractivity contribution is 0.0944. The predicted octanol–water partition coefficient (Wildman–Crippen LogP) is 3.16. The van der Waals surface area contributed by atoms with Crippen molar-refractivity contribution in [2.45, 2.75) is 50.0 Å². The van der Waals surface area contributed by atoms with Gasteiger partial charge in [-0.3, -0.25) is 4.79 Å². The van der Waals surface area contributed by atoms with Crippen molar-refractivity contribution in [3.8, 4) is 0 Å². The van der Waals surface area contributed by atoms with E-state index in [-0.39, 0.29) is 16.8 Å². The zero-order valence-corrected chi connectivity index (χ0v) is 15.8. The summed E-state index contributed by atoms with van der Waals surface area (Å²) < 4.78 is 22.6. The third-order valence-corrected chi connectivity index (χ3v) is 6.69. The number of aryl methyl sites for hydroxylation is 2. The highest BCUT2D eigenvalue weighted by atomic mass is 32.2. The van der Waals surface area contributed by atoms with E-state index in [9.17, 15) is 13.2 Å². The van der Waals surface area contributed by atoms with Gasteiger partial charge in [-0.1, -0.05) is 18.6 Å². The SMILES string of the molecule is CC(NC(=O)c1cc2c(s1)CCCCC2)c1ccc(S(N)(=O)=O)cc1. The number of nitrogens with two attached hydrogens (primary N) is 1. The minimum absolute atomic E-state index is 0.0665. The summed E-state index contributed by atoms with van der Waals surface area (Å²) in [4.78, 5) is 14.7. The maximum atomic E-state index is 12.5. The van der Waals surface area contributed by atoms with Gasteiger partial charge < -0.3 is 5.32 Å². The van der Waals surface area contributed by atoms with Gasteiger partial charge in [-0.2, -0.15) is 0 Å². The Bertz CT molecular complexity index is 847. The van der Waals surface area contributed by atoms with Gasteiger partial charge >= 0.3 is 0 Å². The van der Waals surface area contributed by atoms with Gasteiger partial charge in [-0.05, 0) is 61.9 Å². The highest BCUT2D eigenvalue weighted by molar-refractivity contribution is 7.89. The molecule has 5 nitrogen and oxygen atoms in total. The van der Waals surface area contributed by atoms with E-state index in [0.717, 1.165) is 23.3 Å². The molecule has 1 aromatic heterocycles. The molecule has 0 spiro atoms. The Hall–Kier alpha value is -1.70. The van der Waals surface area contributed by atoms with Crippen molar-refractivity contribution in [1.29, 1.82) is 0 Å². The van der Waals surface area contributed by atoms with E-state index >= 15 is 0 Å². The molecule has 25 heavy (non-hydrogen) atoms. The molecule has 1 unspecified atom stereocenters. The molecular formula is C18H22N2O3S2. The molecule has 1 amide bonds. The average molecular weight is 379 g/mol. The molecule has 7 heteroatoms. The molecule has 3 N–H and O–H groups in total. The molecule has 0 saturated heterocycles. The standard InChI is InChI=1S/C18H22N2O3S2/c1-12(13-7-9-15(10-8-13)25(19,22)23)20-18(21)17-11-14-5-3-2-4-6-16(14)24-17/h7-12H,2-6H2,1H3,(H,20,21)(H2,19,22,23). The smallest absolute Gasteiger partial charge is 0.261 e. The van der Waals surface area contributed by atoms with Crippen LogP contribution in [0.2, 0.25) is 0 Å². The second kappa shape index (κ2) is 7.27. The Labute approximate surface area is 152 Å². The fraction of sp³-hybridized carbons (Fsp3) is 0.389. The number of hydrogen-bond acceptors (Lipinski definition) is 4. The molecule has 0 saturated carbocycles. The molecule has 3 rings (SSSR count). The Kier molecular flexibility index (Phi) is 5.27. The van der Waals surface area contributed by atoms with E-state index in [4.69, 9.17) is 5.14 Å². The van der Waals surface area contributed by atoms with Crippen molar-refractivity contribution in [2.24, 2.45) is 5.14 Å². The predicted molar refractivity (Wildman–Crippen MR) is 99.3 cm³/mol. The number of amides is 1. The normalized spacial score (nSPS) is 15.9. The molecule has 1 atom stereocenters. The summed E-state index contributed by atoms with van der Waals surface area (Å²) in [5, 5.41) is 8.09. The van der Waals surface area contributed by atoms with Gasteiger partial charge in [0.1, 0.15) is 0 Å². The van der Waals surface area contributed by atoms with Crippen molar-refractivity contribution >= 4 is 27.3 Å². The van der Waals surface area contributed by atoms with Crippen LogP contribution >= 0.6 is 11.3 Å². The summed E-state index contributed by atoms with van der Waals surface area (Å²) >= 11 is 1.59. The first-order chi connectivity index (χ1) is 11.8. The third kappa shape index (κ3) is 4.29. The Morgan fingerprint density at radius 2 is 1.84 bits per heavy atom. The molecular weight excluding hydrogens is 356 g/mol. The second-order valence-electron chi connectivity index (χ2n) is 6.43. The van der Waals surface area contributed by atoms with Crippen molar-refractivity contribution in [1.82, 2.24) is 5.32 Å². The van der Waals surface area contributed by atoms with Gasteiger partial charge in [0.15, 0.2) is 0 Å². The van der Waals surface area contributed by atoms with E-state index in [1.54, 1.807) is 23.5 Å². The van der Waals surface area contributed by atoms with Crippen LogP contribution in [-0.2, 0) is 22.9 Å². The topological polar surface area (TPSA) is 89.3 Å². The first-order valence-corrected chi connectivity index (χ1v) is 10.8. The lowest BCUT2D eigenvalue weighted by atomic mass is 10.1. The van der Waals surface area contributed by atoms with Gasteiger partial charge in [0.2, 0.25) is 10.0 Å². The molecule has 1 aromatic carbocycles. The van der Waals surface area contributed by atoms with E-state index < -0.39 is 10.0 Å². The first kappa shape index (κ1) is 18.1. The molecule has 0 radical (unpaired) electrons. The summed E-state index contributed by atoms with van der Waals surface area (Å²) in [6.07, 6.45) is 5.77. The monoisotopic (exact) mass is 378 g/mol. The van der Waals surface area contributed by atoms with Gasteiger partial charge in [0, 0.05) is 4.88 Å². The highest BCUT2D eigenvalue weighted by Gasteiger charge is 2.18. The summed E-state index contributed by atoms with van der Waals surface area (Å²) in [5.74, 6) is -0.0823. The maximum Gasteiger partial charge on any atom is 0.261 e. The lowest BCUT2D eigenvalue weighted by Crippen LogP contribution is -2.26. The minimum Gasteiger partial charge on any atom is -0.345 e. The number of sulfonamides is 1. The summed E-state index contributed by atoms with van der Waals surface area (Å²) in [5.41, 5.74) is 2.15. The van der Waals surface area contributed by atoms with Crippen molar-refractivity contribution < 1.29 is 13.2 Å². The summed E-state index contributed by atoms with van der Waals surface area (Å²) in [7, 11) is -3.70. The Morgan fingerprint density at radius 3 is 2.52 bits per heavy atom. The van der Waals surface area contributed by atoms with E-state index in [0.29, 0.717) is 0 Å². The van der Waals surface area contributed by atoms with Crippen LogP contribution in [0, 0.1) is 0 Å². The summed E-state index contributed by atoms with van der Waals surface area (Å²) in [6, 6.07) is 8.07. The number of benzene rings is 1. The number of primary sulfonamides is 1. The molecule has 0 aliphatic heterocycles. The van der Waals surface area contributed by atoms with Crippen molar-refractivity contribution in [3.05, 3.63) is 51.2 Å². The molecule has 1 aliphatic rings. The summed E-state index contributed by atoms with van der Waals surface area (Å²) in [6.45, 7) is 1.88. The molecule has 0 bridgehead atoms. The zero-order valence-electron chi connectivity index (χ0n) is 14.1. The number of nitrogens with one attached hydrogen (secondary N) is 1. The lowest BCUT2D eigenvalue weighted by Gasteiger charge is -2.14. The number of hydrogen-bond donors (Lipinski definition) is 2. The fourth-order valence-electron chi connectivity index (χ4n) is 3.08. The van der Waals surface area contributed by atoms with Gasteiger partial charge in [-0.25, -0.2) is 13.6 Å². The number of rotatable bonds is 4. The first-order valence-electron chi connectivity index (χ1n) is 8.40. The number of fused-ring (bicyclic) bond motifs is 1. The molecule has 2 aromatic rings. The van der Waals surface area contributed by atoms with Gasteiger partial charge in [0.25, 0.3) is 5.91 Å². The Balaban J connectivity index is 1.70. The van der Waals surface area contributed by atoms with E-state index in [1.807, 2.05) is 13.0 Å². The fourth-order valence-corrected chi connectivity index (χ4v) is 4.75. The van der Waals surface area contributed by atoms with Crippen LogP contribution in [-0.4, -0.2) is 14.3 Å². The zero-order chi connectivity index (χ0) is 18.0. The number of thiophene rings is 1. The van der Waals surface area contributed by atoms with Gasteiger partial charge in [0.05, 0.1) is 15.8 Å². The number of carbonyl (C=O) groups is 1. The van der Waals surface area contributed by atoms with Crippen LogP contribution in [0.15, 0.2) is 35.2 Å². The molecule has 1 heterocycles. The van der Waals surface area contributed by atoms with Crippen LogP contribution in [0.5, 0.6) is 0 Å². The van der Waals surface area contributed by atoms with Crippen LogP contribution < -0.4 is 10.5 Å². The van der Waals surface area contributed by atoms with E-state index in [2.05, 4.69) is 5.32 Å². The quantitative estimate of drug-likeness (QED) is 0.801. The molecule has 134 valence electrons. The molecule has 1 aliphatic carbocycles. The number of carbonyl (C=O) groups excluding carboxylic acids is 1. The van der Waals surface area contributed by atoms with Crippen LogP contribution in [0.1, 0.15) is 57.9 Å². The maximum absolute atomic E-state index is 12.5. The van der Waals surface area contributed by atoms with Crippen LogP contribution in [0.25, 0.3) is 0 Å². The molecule has 0 fully saturated rings. The van der Waals surface area contributed by atoms with Crippen LogP contribution in [0.4, 0.5) is 0 Å². The Morgan fingerprint density at radius 1 is 1.16 bits per heavy atom. The third-order valence-electron chi connectivity index (χ3n) is 4.53. The largest absolute Gasteiger partial charge is 0.345 e. The average Bonchev–Trinajstić information content (AvgIpc) is 2.85. The second-order valence-corrected chi connectivity index (χ2v) is 9.13.